The number of anilines is 2. The summed E-state index contributed by atoms with van der Waals surface area (Å²) in [5.41, 5.74) is 1.63. The maximum atomic E-state index is 12.7. The summed E-state index contributed by atoms with van der Waals surface area (Å²) < 4.78 is 40.6. The number of carbonyl (C=O) groups excluding carboxylic acids is 1. The third-order valence-electron chi connectivity index (χ3n) is 5.66. The Morgan fingerprint density at radius 3 is 2.41 bits per heavy atom. The summed E-state index contributed by atoms with van der Waals surface area (Å²) in [4.78, 5) is 28.3. The van der Waals surface area contributed by atoms with Gasteiger partial charge in [-0.1, -0.05) is 11.3 Å². The first-order chi connectivity index (χ1) is 15.2. The molecule has 0 spiro atoms. The summed E-state index contributed by atoms with van der Waals surface area (Å²) in [6, 6.07) is 10.6. The number of hydrogen-bond donors (Lipinski definition) is 1. The lowest BCUT2D eigenvalue weighted by atomic mass is 10.1. The van der Waals surface area contributed by atoms with Crippen molar-refractivity contribution in [2.75, 3.05) is 42.9 Å². The molecule has 1 amide bonds. The van der Waals surface area contributed by atoms with E-state index in [1.54, 1.807) is 17.7 Å². The summed E-state index contributed by atoms with van der Waals surface area (Å²) >= 11 is 1.14. The molecule has 0 bridgehead atoms. The van der Waals surface area contributed by atoms with Crippen molar-refractivity contribution >= 4 is 38.8 Å². The molecule has 10 heteroatoms. The predicted molar refractivity (Wildman–Crippen MR) is 120 cm³/mol. The second kappa shape index (κ2) is 8.95. The van der Waals surface area contributed by atoms with E-state index in [2.05, 4.69) is 15.1 Å². The molecule has 32 heavy (non-hydrogen) atoms. The van der Waals surface area contributed by atoms with Crippen LogP contribution in [0.5, 0.6) is 0 Å². The number of thiazole rings is 1. The highest BCUT2D eigenvalue weighted by molar-refractivity contribution is 7.16. The Balaban J connectivity index is 1.25. The zero-order valence-electron chi connectivity index (χ0n) is 17.5. The lowest BCUT2D eigenvalue weighted by molar-refractivity contribution is -0.137. The van der Waals surface area contributed by atoms with E-state index >= 15 is 0 Å². The van der Waals surface area contributed by atoms with Crippen molar-refractivity contribution in [1.29, 1.82) is 0 Å². The molecule has 1 fully saturated rings. The molecule has 1 N–H and O–H groups in total. The summed E-state index contributed by atoms with van der Waals surface area (Å²) in [6.07, 6.45) is -3.99. The van der Waals surface area contributed by atoms with Crippen molar-refractivity contribution in [3.63, 3.8) is 0 Å². The van der Waals surface area contributed by atoms with Crippen molar-refractivity contribution in [2.45, 2.75) is 12.6 Å². The van der Waals surface area contributed by atoms with Crippen molar-refractivity contribution in [2.24, 2.45) is 7.05 Å². The molecule has 6 nitrogen and oxygen atoms in total. The molecule has 1 aliphatic rings. The first-order valence-electron chi connectivity index (χ1n) is 10.2. The molecule has 3 aromatic rings. The highest BCUT2D eigenvalue weighted by Gasteiger charge is 2.30. The molecule has 1 aromatic heterocycles. The Kier molecular flexibility index (Phi) is 6.25. The van der Waals surface area contributed by atoms with Crippen LogP contribution in [-0.2, 0) is 18.0 Å². The van der Waals surface area contributed by atoms with Gasteiger partial charge in [-0.15, -0.1) is 0 Å². The van der Waals surface area contributed by atoms with Gasteiger partial charge in [0.25, 0.3) is 0 Å². The Labute approximate surface area is 186 Å². The monoisotopic (exact) mass is 464 g/mol. The minimum absolute atomic E-state index is 0.0427. The first kappa shape index (κ1) is 22.3. The van der Waals surface area contributed by atoms with E-state index in [9.17, 15) is 22.8 Å². The normalized spacial score (nSPS) is 15.3. The van der Waals surface area contributed by atoms with Crippen molar-refractivity contribution in [3.8, 4) is 0 Å². The van der Waals surface area contributed by atoms with Crippen molar-refractivity contribution in [1.82, 2.24) is 9.47 Å². The highest BCUT2D eigenvalue weighted by Crippen LogP contribution is 2.30. The van der Waals surface area contributed by atoms with E-state index in [0.29, 0.717) is 31.7 Å². The summed E-state index contributed by atoms with van der Waals surface area (Å²) in [5, 5.41) is 2.88. The zero-order valence-corrected chi connectivity index (χ0v) is 18.3. The van der Waals surface area contributed by atoms with Gasteiger partial charge >= 0.3 is 11.0 Å². The van der Waals surface area contributed by atoms with E-state index in [4.69, 9.17) is 0 Å². The minimum atomic E-state index is -4.33. The second-order valence-electron chi connectivity index (χ2n) is 7.78. The predicted octanol–water partition coefficient (Wildman–Crippen LogP) is 3.77. The number of halogens is 3. The number of hydrogen-bond acceptors (Lipinski definition) is 5. The molecule has 2 aromatic carbocycles. The standard InChI is InChI=1S/C22H23F3N4O2S/c1-27-18-7-4-16(14-19(18)32-21(27)31)26-20(30)8-9-28-10-12-29(13-11-28)17-5-2-15(3-6-17)22(23,24)25/h2-7,14H,8-13H2,1H3,(H,26,30). The maximum Gasteiger partial charge on any atom is 0.416 e. The molecule has 0 unspecified atom stereocenters. The number of rotatable bonds is 5. The van der Waals surface area contributed by atoms with Crippen molar-refractivity contribution < 1.29 is 18.0 Å². The van der Waals surface area contributed by atoms with Crippen LogP contribution in [0.1, 0.15) is 12.0 Å². The van der Waals surface area contributed by atoms with E-state index in [1.807, 2.05) is 12.1 Å². The Morgan fingerprint density at radius 1 is 1.06 bits per heavy atom. The average molecular weight is 465 g/mol. The van der Waals surface area contributed by atoms with Gasteiger partial charge in [0.05, 0.1) is 15.8 Å². The number of aromatic nitrogens is 1. The van der Waals surface area contributed by atoms with Crippen LogP contribution in [0, 0.1) is 0 Å². The van der Waals surface area contributed by atoms with Crippen LogP contribution in [0.4, 0.5) is 24.5 Å². The molecule has 1 aliphatic heterocycles. The van der Waals surface area contributed by atoms with E-state index in [0.717, 1.165) is 52.5 Å². The minimum Gasteiger partial charge on any atom is -0.369 e. The van der Waals surface area contributed by atoms with E-state index in [1.165, 1.54) is 12.1 Å². The van der Waals surface area contributed by atoms with Gasteiger partial charge in [0.2, 0.25) is 5.91 Å². The molecule has 1 saturated heterocycles. The smallest absolute Gasteiger partial charge is 0.369 e. The second-order valence-corrected chi connectivity index (χ2v) is 8.77. The fourth-order valence-corrected chi connectivity index (χ4v) is 4.70. The molecule has 0 atom stereocenters. The quantitative estimate of drug-likeness (QED) is 0.625. The van der Waals surface area contributed by atoms with Gasteiger partial charge in [-0.3, -0.25) is 14.5 Å². The maximum absolute atomic E-state index is 12.7. The van der Waals surface area contributed by atoms with Crippen LogP contribution in [0.3, 0.4) is 0 Å². The Bertz CT molecular complexity index is 1160. The summed E-state index contributed by atoms with van der Waals surface area (Å²) in [7, 11) is 1.72. The molecule has 2 heterocycles. The number of alkyl halides is 3. The molecular weight excluding hydrogens is 441 g/mol. The van der Waals surface area contributed by atoms with Crippen LogP contribution < -0.4 is 15.1 Å². The number of benzene rings is 2. The van der Waals surface area contributed by atoms with Gasteiger partial charge < -0.3 is 14.8 Å². The van der Waals surface area contributed by atoms with Gasteiger partial charge in [0.1, 0.15) is 0 Å². The molecule has 0 aliphatic carbocycles. The van der Waals surface area contributed by atoms with E-state index < -0.39 is 11.7 Å². The lowest BCUT2D eigenvalue weighted by Crippen LogP contribution is -2.47. The van der Waals surface area contributed by atoms with Gasteiger partial charge in [0.15, 0.2) is 0 Å². The van der Waals surface area contributed by atoms with Gasteiger partial charge in [0, 0.05) is 57.6 Å². The molecule has 0 radical (unpaired) electrons. The average Bonchev–Trinajstić information content (AvgIpc) is 3.05. The largest absolute Gasteiger partial charge is 0.416 e. The number of aryl methyl sites for hydroxylation is 1. The summed E-state index contributed by atoms with van der Waals surface area (Å²) in [5.74, 6) is -0.0993. The molecule has 0 saturated carbocycles. The molecule has 4 rings (SSSR count). The number of piperazine rings is 1. The number of amides is 1. The van der Waals surface area contributed by atoms with Crippen LogP contribution in [0.2, 0.25) is 0 Å². The van der Waals surface area contributed by atoms with Crippen LogP contribution >= 0.6 is 11.3 Å². The van der Waals surface area contributed by atoms with Gasteiger partial charge in [-0.2, -0.15) is 13.2 Å². The highest BCUT2D eigenvalue weighted by atomic mass is 32.1. The van der Waals surface area contributed by atoms with Crippen LogP contribution in [0.25, 0.3) is 10.2 Å². The number of nitrogens with zero attached hydrogens (tertiary/aromatic N) is 3. The SMILES string of the molecule is Cn1c(=O)sc2cc(NC(=O)CCN3CCN(c4ccc(C(F)(F)F)cc4)CC3)ccc21. The van der Waals surface area contributed by atoms with Crippen LogP contribution in [-0.4, -0.2) is 48.1 Å². The van der Waals surface area contributed by atoms with Gasteiger partial charge in [-0.05, 0) is 42.5 Å². The lowest BCUT2D eigenvalue weighted by Gasteiger charge is -2.36. The number of fused-ring (bicyclic) bond motifs is 1. The van der Waals surface area contributed by atoms with Crippen molar-refractivity contribution in [3.05, 3.63) is 57.7 Å². The topological polar surface area (TPSA) is 57.6 Å². The zero-order chi connectivity index (χ0) is 22.9. The fourth-order valence-electron chi connectivity index (χ4n) is 3.79. The Morgan fingerprint density at radius 2 is 1.75 bits per heavy atom. The van der Waals surface area contributed by atoms with Crippen LogP contribution in [0.15, 0.2) is 47.3 Å². The van der Waals surface area contributed by atoms with Gasteiger partial charge in [-0.25, -0.2) is 0 Å². The fraction of sp³-hybridized carbons (Fsp3) is 0.364. The number of nitrogens with one attached hydrogen (secondary N) is 1. The first-order valence-corrected chi connectivity index (χ1v) is 11.1. The molecular formula is C22H23F3N4O2S. The number of carbonyl (C=O) groups is 1. The summed E-state index contributed by atoms with van der Waals surface area (Å²) in [6.45, 7) is 3.46. The Hall–Kier alpha value is -2.85. The third-order valence-corrected chi connectivity index (χ3v) is 6.66. The third kappa shape index (κ3) is 4.97. The molecule has 170 valence electrons. The van der Waals surface area contributed by atoms with E-state index in [-0.39, 0.29) is 10.8 Å².